The quantitative estimate of drug-likeness (QED) is 0.822. The molecule has 2 aromatic carbocycles. The Morgan fingerprint density at radius 1 is 1.00 bits per heavy atom. The molecule has 1 heterocycles. The van der Waals surface area contributed by atoms with Gasteiger partial charge in [0.25, 0.3) is 0 Å². The lowest BCUT2D eigenvalue weighted by Crippen LogP contribution is -2.15. The van der Waals surface area contributed by atoms with Crippen molar-refractivity contribution in [2.45, 2.75) is 24.7 Å². The van der Waals surface area contributed by atoms with E-state index in [0.29, 0.717) is 13.2 Å². The van der Waals surface area contributed by atoms with Gasteiger partial charge in [0.2, 0.25) is 0 Å². The highest BCUT2D eigenvalue weighted by atomic mass is 32.2. The number of rotatable bonds is 5. The highest BCUT2D eigenvalue weighted by Crippen LogP contribution is 2.34. The van der Waals surface area contributed by atoms with Gasteiger partial charge in [-0.25, -0.2) is 0 Å². The lowest BCUT2D eigenvalue weighted by atomic mass is 10.1. The van der Waals surface area contributed by atoms with E-state index in [4.69, 9.17) is 9.47 Å². The van der Waals surface area contributed by atoms with Crippen LogP contribution < -0.4 is 14.2 Å². The average Bonchev–Trinajstić information content (AvgIpc) is 2.54. The molecule has 0 bridgehead atoms. The van der Waals surface area contributed by atoms with Crippen LogP contribution in [0, 0.1) is 0 Å². The van der Waals surface area contributed by atoms with Gasteiger partial charge in [-0.1, -0.05) is 25.5 Å². The predicted octanol–water partition coefficient (Wildman–Crippen LogP) is 4.53. The zero-order valence-corrected chi connectivity index (χ0v) is 12.9. The second kappa shape index (κ2) is 6.76. The Balaban J connectivity index is 1.61. The Hall–Kier alpha value is -1.81. The van der Waals surface area contributed by atoms with Gasteiger partial charge in [0, 0.05) is 16.6 Å². The van der Waals surface area contributed by atoms with Crippen LogP contribution in [0.1, 0.15) is 18.9 Å². The molecule has 0 radical (unpaired) electrons. The van der Waals surface area contributed by atoms with Crippen LogP contribution in [-0.4, -0.2) is 13.2 Å². The topological polar surface area (TPSA) is 30.5 Å². The van der Waals surface area contributed by atoms with Crippen LogP contribution in [0.4, 0.5) is 5.69 Å². The standard InChI is InChI=1S/C17H19NO2S/c1-2-3-13-4-7-15(8-5-13)21-18-14-6-9-16-17(12-14)20-11-10-19-16/h4-9,12,18H,2-3,10-11H2,1H3. The van der Waals surface area contributed by atoms with Crippen molar-refractivity contribution in [3.63, 3.8) is 0 Å². The molecule has 0 aromatic heterocycles. The predicted molar refractivity (Wildman–Crippen MR) is 87.3 cm³/mol. The van der Waals surface area contributed by atoms with Crippen LogP contribution in [0.15, 0.2) is 47.4 Å². The summed E-state index contributed by atoms with van der Waals surface area (Å²) in [6.45, 7) is 3.44. The van der Waals surface area contributed by atoms with E-state index >= 15 is 0 Å². The minimum Gasteiger partial charge on any atom is -0.486 e. The summed E-state index contributed by atoms with van der Waals surface area (Å²) in [5.74, 6) is 1.63. The fraction of sp³-hybridized carbons (Fsp3) is 0.294. The molecule has 1 aliphatic heterocycles. The maximum Gasteiger partial charge on any atom is 0.163 e. The van der Waals surface area contributed by atoms with Crippen LogP contribution in [0.2, 0.25) is 0 Å². The van der Waals surface area contributed by atoms with E-state index in [0.717, 1.165) is 23.6 Å². The first-order valence-corrected chi connectivity index (χ1v) is 8.08. The highest BCUT2D eigenvalue weighted by Gasteiger charge is 2.11. The maximum atomic E-state index is 5.58. The molecule has 110 valence electrons. The van der Waals surface area contributed by atoms with Gasteiger partial charge in [0.1, 0.15) is 13.2 Å². The van der Waals surface area contributed by atoms with E-state index in [1.165, 1.54) is 16.9 Å². The van der Waals surface area contributed by atoms with E-state index in [2.05, 4.69) is 35.9 Å². The summed E-state index contributed by atoms with van der Waals surface area (Å²) in [5.41, 5.74) is 2.41. The molecule has 0 unspecified atom stereocenters. The van der Waals surface area contributed by atoms with Gasteiger partial charge < -0.3 is 14.2 Å². The third kappa shape index (κ3) is 3.64. The molecule has 0 atom stereocenters. The first kappa shape index (κ1) is 14.1. The molecule has 2 aromatic rings. The molecule has 0 saturated carbocycles. The second-order valence-corrected chi connectivity index (χ2v) is 5.84. The van der Waals surface area contributed by atoms with Crippen molar-refractivity contribution >= 4 is 17.6 Å². The third-order valence-corrected chi connectivity index (χ3v) is 4.14. The lowest BCUT2D eigenvalue weighted by molar-refractivity contribution is 0.171. The van der Waals surface area contributed by atoms with E-state index < -0.39 is 0 Å². The number of benzene rings is 2. The minimum absolute atomic E-state index is 0.614. The van der Waals surface area contributed by atoms with Crippen LogP contribution in [0.25, 0.3) is 0 Å². The molecule has 3 nitrogen and oxygen atoms in total. The molecule has 0 fully saturated rings. The maximum absolute atomic E-state index is 5.58. The minimum atomic E-state index is 0.614. The van der Waals surface area contributed by atoms with Gasteiger partial charge in [0.15, 0.2) is 11.5 Å². The van der Waals surface area contributed by atoms with Crippen molar-refractivity contribution < 1.29 is 9.47 Å². The third-order valence-electron chi connectivity index (χ3n) is 3.29. The number of nitrogens with one attached hydrogen (secondary N) is 1. The monoisotopic (exact) mass is 301 g/mol. The largest absolute Gasteiger partial charge is 0.486 e. The average molecular weight is 301 g/mol. The van der Waals surface area contributed by atoms with Crippen molar-refractivity contribution in [3.05, 3.63) is 48.0 Å². The molecule has 0 spiro atoms. The smallest absolute Gasteiger partial charge is 0.163 e. The zero-order chi connectivity index (χ0) is 14.5. The summed E-state index contributed by atoms with van der Waals surface area (Å²) < 4.78 is 14.4. The van der Waals surface area contributed by atoms with E-state index in [9.17, 15) is 0 Å². The molecule has 0 saturated heterocycles. The summed E-state index contributed by atoms with van der Waals surface area (Å²) >= 11 is 1.60. The SMILES string of the molecule is CCCc1ccc(SNc2ccc3c(c2)OCCO3)cc1. The van der Waals surface area contributed by atoms with Gasteiger partial charge in [-0.15, -0.1) is 0 Å². The summed E-state index contributed by atoms with van der Waals surface area (Å²) in [5, 5.41) is 0. The van der Waals surface area contributed by atoms with Crippen LogP contribution in [0.3, 0.4) is 0 Å². The molecule has 1 aliphatic rings. The normalized spacial score (nSPS) is 13.0. The van der Waals surface area contributed by atoms with Crippen molar-refractivity contribution in [2.24, 2.45) is 0 Å². The Kier molecular flexibility index (Phi) is 4.55. The number of ether oxygens (including phenoxy) is 2. The summed E-state index contributed by atoms with van der Waals surface area (Å²) in [7, 11) is 0. The van der Waals surface area contributed by atoms with Gasteiger partial charge >= 0.3 is 0 Å². The van der Waals surface area contributed by atoms with E-state index in [1.54, 1.807) is 11.9 Å². The van der Waals surface area contributed by atoms with E-state index in [1.807, 2.05) is 18.2 Å². The summed E-state index contributed by atoms with van der Waals surface area (Å²) in [6.07, 6.45) is 2.32. The fourth-order valence-electron chi connectivity index (χ4n) is 2.24. The molecule has 0 aliphatic carbocycles. The van der Waals surface area contributed by atoms with Gasteiger partial charge in [0.05, 0.1) is 0 Å². The Morgan fingerprint density at radius 3 is 2.52 bits per heavy atom. The van der Waals surface area contributed by atoms with Crippen molar-refractivity contribution in [1.29, 1.82) is 0 Å². The first-order chi connectivity index (χ1) is 10.3. The van der Waals surface area contributed by atoms with Gasteiger partial charge in [-0.05, 0) is 48.2 Å². The van der Waals surface area contributed by atoms with Crippen molar-refractivity contribution in [3.8, 4) is 11.5 Å². The second-order valence-electron chi connectivity index (χ2n) is 4.96. The number of fused-ring (bicyclic) bond motifs is 1. The molecular weight excluding hydrogens is 282 g/mol. The summed E-state index contributed by atoms with van der Waals surface area (Å²) in [4.78, 5) is 1.20. The van der Waals surface area contributed by atoms with Gasteiger partial charge in [-0.2, -0.15) is 0 Å². The first-order valence-electron chi connectivity index (χ1n) is 7.26. The zero-order valence-electron chi connectivity index (χ0n) is 12.1. The number of anilines is 1. The van der Waals surface area contributed by atoms with Crippen molar-refractivity contribution in [1.82, 2.24) is 0 Å². The summed E-state index contributed by atoms with van der Waals surface area (Å²) in [6, 6.07) is 14.6. The number of hydrogen-bond donors (Lipinski definition) is 1. The van der Waals surface area contributed by atoms with Crippen LogP contribution in [0.5, 0.6) is 11.5 Å². The Morgan fingerprint density at radius 2 is 1.76 bits per heavy atom. The molecule has 3 rings (SSSR count). The molecule has 1 N–H and O–H groups in total. The molecule has 0 amide bonds. The molecule has 21 heavy (non-hydrogen) atoms. The van der Waals surface area contributed by atoms with Crippen LogP contribution >= 0.6 is 11.9 Å². The molecular formula is C17H19NO2S. The lowest BCUT2D eigenvalue weighted by Gasteiger charge is -2.19. The Bertz CT molecular complexity index is 598. The molecule has 4 heteroatoms. The van der Waals surface area contributed by atoms with Gasteiger partial charge in [-0.3, -0.25) is 0 Å². The number of hydrogen-bond acceptors (Lipinski definition) is 4. The highest BCUT2D eigenvalue weighted by molar-refractivity contribution is 8.00. The number of aryl methyl sites for hydroxylation is 1. The van der Waals surface area contributed by atoms with E-state index in [-0.39, 0.29) is 0 Å². The Labute approximate surface area is 129 Å². The van der Waals surface area contributed by atoms with Crippen LogP contribution in [-0.2, 0) is 6.42 Å². The van der Waals surface area contributed by atoms with Crippen molar-refractivity contribution in [2.75, 3.05) is 17.9 Å². The fourth-order valence-corrected chi connectivity index (χ4v) is 2.87.